The Morgan fingerprint density at radius 2 is 1.94 bits per heavy atom. The molecule has 11 heteroatoms. The van der Waals surface area contributed by atoms with E-state index in [-0.39, 0.29) is 12.1 Å². The van der Waals surface area contributed by atoms with Crippen molar-refractivity contribution in [2.24, 2.45) is 7.05 Å². The van der Waals surface area contributed by atoms with E-state index in [1.54, 1.807) is 18.4 Å². The molecule has 0 aliphatic carbocycles. The number of imidazole rings is 2. The molecule has 11 nitrogen and oxygen atoms in total. The van der Waals surface area contributed by atoms with Gasteiger partial charge in [0.1, 0.15) is 6.54 Å². The molecular weight excluding hydrogens is 404 g/mol. The summed E-state index contributed by atoms with van der Waals surface area (Å²) in [6.45, 7) is 8.51. The number of esters is 1. The third-order valence-electron chi connectivity index (χ3n) is 5.69. The van der Waals surface area contributed by atoms with E-state index in [4.69, 9.17) is 9.47 Å². The van der Waals surface area contributed by atoms with Crippen molar-refractivity contribution in [3.05, 3.63) is 32.7 Å². The van der Waals surface area contributed by atoms with Crippen LogP contribution in [0.3, 0.4) is 0 Å². The number of carbonyl (C=O) groups excluding carboxylic acids is 1. The topological polar surface area (TPSA) is 105 Å². The maximum Gasteiger partial charge on any atom is 0.333 e. The standard InChI is InChI=1S/C20H28N6O5/c1-4-31-15(27)13-26-18(28)16-17(22(3)20(26)29)21-19-24(14(2)12-25(16)19)7-5-6-23-8-10-30-11-9-23/h12H,4-11,13H2,1-3H3. The van der Waals surface area contributed by atoms with Crippen molar-refractivity contribution < 1.29 is 14.3 Å². The number of aromatic nitrogens is 5. The number of carbonyl (C=O) groups is 1. The van der Waals surface area contributed by atoms with Gasteiger partial charge in [0.2, 0.25) is 5.78 Å². The molecule has 1 aliphatic rings. The first-order valence-electron chi connectivity index (χ1n) is 10.6. The number of morpholine rings is 1. The van der Waals surface area contributed by atoms with Crippen LogP contribution in [0.15, 0.2) is 15.8 Å². The third-order valence-corrected chi connectivity index (χ3v) is 5.69. The van der Waals surface area contributed by atoms with E-state index in [1.165, 1.54) is 4.57 Å². The summed E-state index contributed by atoms with van der Waals surface area (Å²) in [6, 6.07) is 0. The first-order valence-corrected chi connectivity index (χ1v) is 10.6. The molecular formula is C20H28N6O5. The second-order valence-corrected chi connectivity index (χ2v) is 7.72. The zero-order valence-corrected chi connectivity index (χ0v) is 18.2. The first-order chi connectivity index (χ1) is 14.9. The first kappa shape index (κ1) is 21.3. The molecule has 168 valence electrons. The molecule has 3 aromatic heterocycles. The van der Waals surface area contributed by atoms with Gasteiger partial charge in [0, 0.05) is 45.1 Å². The van der Waals surface area contributed by atoms with Crippen molar-refractivity contribution in [2.45, 2.75) is 33.4 Å². The highest BCUT2D eigenvalue weighted by Gasteiger charge is 2.21. The number of fused-ring (bicyclic) bond motifs is 3. The van der Waals surface area contributed by atoms with E-state index in [9.17, 15) is 14.4 Å². The maximum atomic E-state index is 13.1. The highest BCUT2D eigenvalue weighted by Crippen LogP contribution is 2.17. The summed E-state index contributed by atoms with van der Waals surface area (Å²) >= 11 is 0. The van der Waals surface area contributed by atoms with Crippen LogP contribution in [0.4, 0.5) is 0 Å². The van der Waals surface area contributed by atoms with E-state index >= 15 is 0 Å². The molecule has 4 heterocycles. The predicted octanol–water partition coefficient (Wildman–Crippen LogP) is -0.257. The normalized spacial score (nSPS) is 15.2. The summed E-state index contributed by atoms with van der Waals surface area (Å²) in [7, 11) is 1.55. The summed E-state index contributed by atoms with van der Waals surface area (Å²) in [5.41, 5.74) is 0.394. The number of aryl methyl sites for hydroxylation is 3. The van der Waals surface area contributed by atoms with Gasteiger partial charge in [0.25, 0.3) is 5.56 Å². The highest BCUT2D eigenvalue weighted by molar-refractivity contribution is 5.76. The Morgan fingerprint density at radius 1 is 1.19 bits per heavy atom. The fourth-order valence-corrected chi connectivity index (χ4v) is 4.08. The van der Waals surface area contributed by atoms with E-state index in [0.717, 1.165) is 56.1 Å². The lowest BCUT2D eigenvalue weighted by atomic mass is 10.3. The van der Waals surface area contributed by atoms with Gasteiger partial charge in [-0.05, 0) is 20.3 Å². The van der Waals surface area contributed by atoms with Crippen LogP contribution in [0.5, 0.6) is 0 Å². The lowest BCUT2D eigenvalue weighted by Crippen LogP contribution is -2.41. The molecule has 31 heavy (non-hydrogen) atoms. The molecule has 1 fully saturated rings. The van der Waals surface area contributed by atoms with Gasteiger partial charge < -0.3 is 14.0 Å². The molecule has 0 atom stereocenters. The molecule has 0 saturated carbocycles. The van der Waals surface area contributed by atoms with Crippen molar-refractivity contribution in [3.8, 4) is 0 Å². The van der Waals surface area contributed by atoms with Crippen molar-refractivity contribution >= 4 is 22.9 Å². The molecule has 1 saturated heterocycles. The van der Waals surface area contributed by atoms with Gasteiger partial charge in [-0.2, -0.15) is 4.98 Å². The summed E-state index contributed by atoms with van der Waals surface area (Å²) < 4.78 is 16.3. The molecule has 0 amide bonds. The monoisotopic (exact) mass is 432 g/mol. The Morgan fingerprint density at radius 3 is 2.65 bits per heavy atom. The van der Waals surface area contributed by atoms with Crippen LogP contribution in [0, 0.1) is 6.92 Å². The van der Waals surface area contributed by atoms with Gasteiger partial charge in [0.05, 0.1) is 19.8 Å². The lowest BCUT2D eigenvalue weighted by molar-refractivity contribution is -0.143. The predicted molar refractivity (Wildman–Crippen MR) is 113 cm³/mol. The van der Waals surface area contributed by atoms with Gasteiger partial charge in [-0.1, -0.05) is 0 Å². The van der Waals surface area contributed by atoms with Crippen LogP contribution in [-0.2, 0) is 34.4 Å². The second-order valence-electron chi connectivity index (χ2n) is 7.72. The van der Waals surface area contributed by atoms with Gasteiger partial charge in [0.15, 0.2) is 11.2 Å². The summed E-state index contributed by atoms with van der Waals surface area (Å²) in [5, 5.41) is 0. The zero-order valence-electron chi connectivity index (χ0n) is 18.2. The van der Waals surface area contributed by atoms with Gasteiger partial charge in [-0.3, -0.25) is 23.5 Å². The lowest BCUT2D eigenvalue weighted by Gasteiger charge is -2.26. The van der Waals surface area contributed by atoms with Crippen molar-refractivity contribution in [2.75, 3.05) is 39.5 Å². The molecule has 0 N–H and O–H groups in total. The molecule has 0 spiro atoms. The maximum absolute atomic E-state index is 13.1. The molecule has 3 aromatic rings. The summed E-state index contributed by atoms with van der Waals surface area (Å²) in [5.74, 6) is -0.0193. The van der Waals surface area contributed by atoms with Crippen LogP contribution in [-0.4, -0.2) is 73.4 Å². The Hall–Kier alpha value is -2.92. The van der Waals surface area contributed by atoms with Gasteiger partial charge in [-0.25, -0.2) is 9.36 Å². The molecule has 0 radical (unpaired) electrons. The molecule has 1 aliphatic heterocycles. The van der Waals surface area contributed by atoms with E-state index in [1.807, 2.05) is 13.1 Å². The fourth-order valence-electron chi connectivity index (χ4n) is 4.08. The highest BCUT2D eigenvalue weighted by atomic mass is 16.5. The van der Waals surface area contributed by atoms with Crippen LogP contribution in [0.2, 0.25) is 0 Å². The number of nitrogens with zero attached hydrogens (tertiary/aromatic N) is 6. The average Bonchev–Trinajstić information content (AvgIpc) is 3.26. The Balaban J connectivity index is 1.70. The largest absolute Gasteiger partial charge is 0.465 e. The minimum absolute atomic E-state index is 0.180. The Kier molecular flexibility index (Phi) is 5.96. The Labute approximate surface area is 178 Å². The SMILES string of the molecule is CCOC(=O)Cn1c(=O)c2c(nc3n(CCCN4CCOCC4)c(C)cn23)n(C)c1=O. The van der Waals surface area contributed by atoms with Crippen LogP contribution < -0.4 is 11.2 Å². The van der Waals surface area contributed by atoms with Crippen LogP contribution in [0.1, 0.15) is 19.0 Å². The van der Waals surface area contributed by atoms with E-state index in [0.29, 0.717) is 11.4 Å². The number of ether oxygens (including phenoxy) is 2. The van der Waals surface area contributed by atoms with Crippen molar-refractivity contribution in [1.82, 2.24) is 28.0 Å². The van der Waals surface area contributed by atoms with E-state index < -0.39 is 23.8 Å². The van der Waals surface area contributed by atoms with Gasteiger partial charge >= 0.3 is 11.7 Å². The minimum atomic E-state index is -0.626. The number of rotatable bonds is 7. The second kappa shape index (κ2) is 8.67. The minimum Gasteiger partial charge on any atom is -0.465 e. The smallest absolute Gasteiger partial charge is 0.333 e. The van der Waals surface area contributed by atoms with E-state index in [2.05, 4.69) is 14.5 Å². The number of hydrogen-bond acceptors (Lipinski definition) is 7. The van der Waals surface area contributed by atoms with Crippen molar-refractivity contribution in [3.63, 3.8) is 0 Å². The summed E-state index contributed by atoms with van der Waals surface area (Å²) in [6.07, 6.45) is 2.78. The van der Waals surface area contributed by atoms with Crippen LogP contribution in [0.25, 0.3) is 16.9 Å². The molecule has 0 bridgehead atoms. The molecule has 0 aromatic carbocycles. The van der Waals surface area contributed by atoms with Crippen LogP contribution >= 0.6 is 0 Å². The molecule has 0 unspecified atom stereocenters. The fraction of sp³-hybridized carbons (Fsp3) is 0.600. The van der Waals surface area contributed by atoms with Crippen molar-refractivity contribution in [1.29, 1.82) is 0 Å². The molecule has 4 rings (SSSR count). The Bertz CT molecular complexity index is 1230. The summed E-state index contributed by atoms with van der Waals surface area (Å²) in [4.78, 5) is 44.7. The average molecular weight is 432 g/mol. The quantitative estimate of drug-likeness (QED) is 0.474. The van der Waals surface area contributed by atoms with Gasteiger partial charge in [-0.15, -0.1) is 0 Å². The third kappa shape index (κ3) is 3.90. The zero-order chi connectivity index (χ0) is 22.1. The number of hydrogen-bond donors (Lipinski definition) is 0.